The second kappa shape index (κ2) is 6.44. The van der Waals surface area contributed by atoms with Crippen molar-refractivity contribution in [1.29, 1.82) is 0 Å². The zero-order valence-electron chi connectivity index (χ0n) is 8.90. The highest BCUT2D eigenvalue weighted by molar-refractivity contribution is 5.87. The van der Waals surface area contributed by atoms with Crippen LogP contribution in [0.2, 0.25) is 0 Å². The maximum Gasteiger partial charge on any atom is 0.326 e. The molecule has 0 radical (unpaired) electrons. The van der Waals surface area contributed by atoms with Crippen LogP contribution in [-0.2, 0) is 9.59 Å². The van der Waals surface area contributed by atoms with Gasteiger partial charge in [-0.2, -0.15) is 0 Å². The zero-order valence-corrected chi connectivity index (χ0v) is 8.90. The summed E-state index contributed by atoms with van der Waals surface area (Å²) in [7, 11) is 0. The van der Waals surface area contributed by atoms with Crippen LogP contribution < -0.4 is 16.4 Å². The molecule has 16 heavy (non-hydrogen) atoms. The summed E-state index contributed by atoms with van der Waals surface area (Å²) in [6, 6.07) is -2.70. The Hall–Kier alpha value is -2.05. The molecule has 7 heteroatoms. The van der Waals surface area contributed by atoms with E-state index in [1.165, 1.54) is 13.0 Å². The molecule has 0 fully saturated rings. The van der Waals surface area contributed by atoms with Crippen LogP contribution >= 0.6 is 0 Å². The number of carbonyl (C=O) groups excluding carboxylic acids is 2. The molecule has 5 N–H and O–H groups in total. The molecule has 0 aromatic heterocycles. The first-order chi connectivity index (χ1) is 7.38. The number of nitrogens with one attached hydrogen (secondary N) is 2. The second-order valence-corrected chi connectivity index (χ2v) is 3.16. The third-order valence-corrected chi connectivity index (χ3v) is 1.78. The van der Waals surface area contributed by atoms with E-state index >= 15 is 0 Å². The highest BCUT2D eigenvalue weighted by atomic mass is 16.4. The van der Waals surface area contributed by atoms with Gasteiger partial charge in [0.15, 0.2) is 0 Å². The van der Waals surface area contributed by atoms with Gasteiger partial charge in [0.1, 0.15) is 12.1 Å². The maximum absolute atomic E-state index is 11.2. The number of hydrogen-bond acceptors (Lipinski definition) is 3. The predicted octanol–water partition coefficient (Wildman–Crippen LogP) is -0.811. The normalized spacial score (nSPS) is 13.3. The van der Waals surface area contributed by atoms with Gasteiger partial charge in [0.2, 0.25) is 5.91 Å². The Morgan fingerprint density at radius 2 is 2.00 bits per heavy atom. The average molecular weight is 229 g/mol. The maximum atomic E-state index is 11.2. The lowest BCUT2D eigenvalue weighted by Gasteiger charge is -2.15. The van der Waals surface area contributed by atoms with E-state index < -0.39 is 30.0 Å². The van der Waals surface area contributed by atoms with Crippen LogP contribution in [-0.4, -0.2) is 35.1 Å². The summed E-state index contributed by atoms with van der Waals surface area (Å²) in [6.45, 7) is 4.76. The van der Waals surface area contributed by atoms with E-state index in [1.807, 2.05) is 0 Å². The number of primary amides is 1. The summed E-state index contributed by atoms with van der Waals surface area (Å²) < 4.78 is 0. The number of aliphatic carboxylic acids is 1. The third kappa shape index (κ3) is 4.99. The molecule has 0 aromatic carbocycles. The van der Waals surface area contributed by atoms with Crippen LogP contribution in [0.25, 0.3) is 0 Å². The van der Waals surface area contributed by atoms with E-state index in [9.17, 15) is 14.4 Å². The van der Waals surface area contributed by atoms with Crippen LogP contribution in [0.1, 0.15) is 13.3 Å². The van der Waals surface area contributed by atoms with Crippen molar-refractivity contribution in [3.63, 3.8) is 0 Å². The lowest BCUT2D eigenvalue weighted by atomic mass is 10.2. The number of urea groups is 1. The molecular formula is C9H15N3O4. The lowest BCUT2D eigenvalue weighted by Crippen LogP contribution is -2.51. The van der Waals surface area contributed by atoms with E-state index in [0.29, 0.717) is 0 Å². The van der Waals surface area contributed by atoms with Gasteiger partial charge < -0.3 is 21.5 Å². The van der Waals surface area contributed by atoms with Gasteiger partial charge in [0.25, 0.3) is 0 Å². The highest BCUT2D eigenvalue weighted by Gasteiger charge is 2.20. The quantitative estimate of drug-likeness (QED) is 0.445. The van der Waals surface area contributed by atoms with Crippen LogP contribution in [0.3, 0.4) is 0 Å². The van der Waals surface area contributed by atoms with Crippen molar-refractivity contribution >= 4 is 17.9 Å². The molecule has 0 saturated carbocycles. The molecule has 0 aliphatic heterocycles. The Kier molecular flexibility index (Phi) is 5.61. The number of rotatable bonds is 6. The number of hydrogen-bond donors (Lipinski definition) is 4. The fourth-order valence-electron chi connectivity index (χ4n) is 0.856. The molecule has 0 heterocycles. The molecule has 0 spiro atoms. The second-order valence-electron chi connectivity index (χ2n) is 3.16. The van der Waals surface area contributed by atoms with E-state index in [2.05, 4.69) is 17.2 Å². The topological polar surface area (TPSA) is 122 Å². The molecule has 0 saturated heterocycles. The number of carboxylic acids is 1. The molecule has 0 bridgehead atoms. The van der Waals surface area contributed by atoms with Crippen LogP contribution in [0, 0.1) is 0 Å². The summed E-state index contributed by atoms with van der Waals surface area (Å²) in [5, 5.41) is 13.1. The lowest BCUT2D eigenvalue weighted by molar-refractivity contribution is -0.139. The van der Waals surface area contributed by atoms with Crippen LogP contribution in [0.15, 0.2) is 12.7 Å². The SMILES string of the molecule is C=CCC(NC(=O)NC(C)C(N)=O)C(=O)O. The van der Waals surface area contributed by atoms with Crippen LogP contribution in [0.4, 0.5) is 4.79 Å². The fourth-order valence-corrected chi connectivity index (χ4v) is 0.856. The van der Waals surface area contributed by atoms with Gasteiger partial charge >= 0.3 is 12.0 Å². The van der Waals surface area contributed by atoms with Crippen molar-refractivity contribution < 1.29 is 19.5 Å². The third-order valence-electron chi connectivity index (χ3n) is 1.78. The minimum Gasteiger partial charge on any atom is -0.480 e. The molecular weight excluding hydrogens is 214 g/mol. The molecule has 90 valence electrons. The van der Waals surface area contributed by atoms with Gasteiger partial charge in [-0.25, -0.2) is 9.59 Å². The number of amides is 3. The van der Waals surface area contributed by atoms with Crippen molar-refractivity contribution in [3.05, 3.63) is 12.7 Å². The zero-order chi connectivity index (χ0) is 12.7. The minimum absolute atomic E-state index is 0.0910. The number of carboxylic acid groups (broad SMARTS) is 1. The monoisotopic (exact) mass is 229 g/mol. The fraction of sp³-hybridized carbons (Fsp3) is 0.444. The Bertz CT molecular complexity index is 303. The van der Waals surface area contributed by atoms with Gasteiger partial charge in [-0.05, 0) is 13.3 Å². The molecule has 2 atom stereocenters. The number of nitrogens with two attached hydrogens (primary N) is 1. The molecule has 0 aliphatic rings. The average Bonchev–Trinajstić information content (AvgIpc) is 2.16. The van der Waals surface area contributed by atoms with Gasteiger partial charge in [-0.1, -0.05) is 6.08 Å². The molecule has 2 unspecified atom stereocenters. The van der Waals surface area contributed by atoms with Crippen molar-refractivity contribution in [2.45, 2.75) is 25.4 Å². The van der Waals surface area contributed by atoms with E-state index in [-0.39, 0.29) is 6.42 Å². The van der Waals surface area contributed by atoms with Crippen LogP contribution in [0.5, 0.6) is 0 Å². The molecule has 0 rings (SSSR count). The minimum atomic E-state index is -1.18. The van der Waals surface area contributed by atoms with Crippen molar-refractivity contribution in [3.8, 4) is 0 Å². The first-order valence-electron chi connectivity index (χ1n) is 4.58. The van der Waals surface area contributed by atoms with E-state index in [4.69, 9.17) is 10.8 Å². The molecule has 0 aliphatic carbocycles. The summed E-state index contributed by atoms with van der Waals surface area (Å²) in [6.07, 6.45) is 1.46. The van der Waals surface area contributed by atoms with E-state index in [1.54, 1.807) is 0 Å². The van der Waals surface area contributed by atoms with Crippen molar-refractivity contribution in [2.75, 3.05) is 0 Å². The first-order valence-corrected chi connectivity index (χ1v) is 4.58. The summed E-state index contributed by atoms with van der Waals surface area (Å²) in [5.74, 6) is -1.88. The van der Waals surface area contributed by atoms with Gasteiger partial charge in [0.05, 0.1) is 0 Å². The van der Waals surface area contributed by atoms with Crippen molar-refractivity contribution in [2.24, 2.45) is 5.73 Å². The van der Waals surface area contributed by atoms with E-state index in [0.717, 1.165) is 0 Å². The largest absolute Gasteiger partial charge is 0.480 e. The first kappa shape index (κ1) is 13.9. The standard InChI is InChI=1S/C9H15N3O4/c1-3-4-6(8(14)15)12-9(16)11-5(2)7(10)13/h3,5-6H,1,4H2,2H3,(H2,10,13)(H,14,15)(H2,11,12,16). The molecule has 3 amide bonds. The summed E-state index contributed by atoms with van der Waals surface area (Å²) in [4.78, 5) is 32.5. The molecule has 0 aromatic rings. The Balaban J connectivity index is 4.24. The predicted molar refractivity (Wildman–Crippen MR) is 56.6 cm³/mol. The Labute approximate surface area is 92.7 Å². The summed E-state index contributed by atoms with van der Waals surface area (Å²) in [5.41, 5.74) is 4.92. The van der Waals surface area contributed by atoms with Gasteiger partial charge in [-0.15, -0.1) is 6.58 Å². The smallest absolute Gasteiger partial charge is 0.326 e. The highest BCUT2D eigenvalue weighted by Crippen LogP contribution is 1.93. The van der Waals surface area contributed by atoms with Gasteiger partial charge in [-0.3, -0.25) is 4.79 Å². The summed E-state index contributed by atoms with van der Waals surface area (Å²) >= 11 is 0. The van der Waals surface area contributed by atoms with Crippen molar-refractivity contribution in [1.82, 2.24) is 10.6 Å². The van der Waals surface area contributed by atoms with Gasteiger partial charge in [0, 0.05) is 0 Å². The number of carbonyl (C=O) groups is 3. The Morgan fingerprint density at radius 3 is 2.38 bits per heavy atom. The Morgan fingerprint density at radius 1 is 1.44 bits per heavy atom. The molecule has 7 nitrogen and oxygen atoms in total.